The highest BCUT2D eigenvalue weighted by molar-refractivity contribution is 14.0. The number of carbonyl (C=O) groups excluding carboxylic acids is 1. The van der Waals surface area contributed by atoms with Crippen LogP contribution in [0.5, 0.6) is 0 Å². The molecule has 1 aromatic carbocycles. The second kappa shape index (κ2) is 13.8. The number of rotatable bonds is 8. The fourth-order valence-corrected chi connectivity index (χ4v) is 2.99. The Kier molecular flexibility index (Phi) is 12.3. The van der Waals surface area contributed by atoms with Gasteiger partial charge in [-0.25, -0.2) is 4.99 Å². The zero-order valence-electron chi connectivity index (χ0n) is 18.8. The number of ether oxygens (including phenoxy) is 1. The van der Waals surface area contributed by atoms with E-state index in [0.717, 1.165) is 45.4 Å². The van der Waals surface area contributed by atoms with Crippen molar-refractivity contribution in [2.24, 2.45) is 10.4 Å². The third-order valence-corrected chi connectivity index (χ3v) is 4.75. The van der Waals surface area contributed by atoms with Gasteiger partial charge >= 0.3 is 0 Å². The molecule has 0 aliphatic carbocycles. The van der Waals surface area contributed by atoms with Gasteiger partial charge in [-0.2, -0.15) is 0 Å². The van der Waals surface area contributed by atoms with Gasteiger partial charge in [0.05, 0.1) is 19.8 Å². The molecule has 1 aromatic rings. The average molecular weight is 531 g/mol. The maximum atomic E-state index is 12.0. The van der Waals surface area contributed by atoms with Gasteiger partial charge in [-0.15, -0.1) is 24.0 Å². The number of morpholine rings is 1. The van der Waals surface area contributed by atoms with Crippen molar-refractivity contribution in [3.05, 3.63) is 35.4 Å². The van der Waals surface area contributed by atoms with Gasteiger partial charge in [0.2, 0.25) is 5.91 Å². The summed E-state index contributed by atoms with van der Waals surface area (Å²) in [5.74, 6) is 0.817. The molecule has 0 spiro atoms. The van der Waals surface area contributed by atoms with Crippen molar-refractivity contribution in [2.45, 2.75) is 40.8 Å². The number of benzene rings is 1. The Morgan fingerprint density at radius 3 is 2.33 bits per heavy atom. The quantitative estimate of drug-likeness (QED) is 0.208. The molecule has 0 saturated carbocycles. The topological polar surface area (TPSA) is 78.0 Å². The zero-order valence-corrected chi connectivity index (χ0v) is 21.1. The maximum absolute atomic E-state index is 12.0. The highest BCUT2D eigenvalue weighted by Crippen LogP contribution is 2.14. The van der Waals surface area contributed by atoms with Crippen LogP contribution in [0.4, 0.5) is 0 Å². The van der Waals surface area contributed by atoms with Crippen molar-refractivity contribution in [3.63, 3.8) is 0 Å². The summed E-state index contributed by atoms with van der Waals surface area (Å²) >= 11 is 0. The molecule has 2 rings (SSSR count). The monoisotopic (exact) mass is 531 g/mol. The second-order valence-corrected chi connectivity index (χ2v) is 8.29. The van der Waals surface area contributed by atoms with Crippen LogP contribution >= 0.6 is 24.0 Å². The summed E-state index contributed by atoms with van der Waals surface area (Å²) in [5.41, 5.74) is 2.17. The fourth-order valence-electron chi connectivity index (χ4n) is 2.99. The molecule has 30 heavy (non-hydrogen) atoms. The molecule has 0 atom stereocenters. The number of hydrogen-bond acceptors (Lipinski definition) is 4. The minimum atomic E-state index is -0.372. The van der Waals surface area contributed by atoms with E-state index in [1.54, 1.807) is 0 Å². The van der Waals surface area contributed by atoms with Crippen molar-refractivity contribution < 1.29 is 9.53 Å². The van der Waals surface area contributed by atoms with Crippen LogP contribution in [0, 0.1) is 5.41 Å². The zero-order chi connectivity index (χ0) is 21.1. The average Bonchev–Trinajstić information content (AvgIpc) is 2.70. The Morgan fingerprint density at radius 2 is 1.70 bits per heavy atom. The molecule has 1 saturated heterocycles. The molecule has 1 fully saturated rings. The van der Waals surface area contributed by atoms with E-state index in [9.17, 15) is 4.79 Å². The molecule has 0 unspecified atom stereocenters. The van der Waals surface area contributed by atoms with Gasteiger partial charge in [0.1, 0.15) is 0 Å². The lowest BCUT2D eigenvalue weighted by molar-refractivity contribution is -0.128. The predicted molar refractivity (Wildman–Crippen MR) is 133 cm³/mol. The SMILES string of the molecule is CCNC(=NCc1ccccc1CN1CCOCC1)NCCNC(=O)C(C)(C)C.I. The fraction of sp³-hybridized carbons (Fsp3) is 0.636. The molecule has 7 nitrogen and oxygen atoms in total. The maximum Gasteiger partial charge on any atom is 0.225 e. The van der Waals surface area contributed by atoms with E-state index in [2.05, 4.69) is 45.1 Å². The molecule has 1 aliphatic heterocycles. The Morgan fingerprint density at radius 1 is 1.07 bits per heavy atom. The number of amides is 1. The van der Waals surface area contributed by atoms with E-state index in [4.69, 9.17) is 9.73 Å². The van der Waals surface area contributed by atoms with Crippen LogP contribution in [0.15, 0.2) is 29.3 Å². The van der Waals surface area contributed by atoms with Crippen molar-refractivity contribution in [3.8, 4) is 0 Å². The Hall–Kier alpha value is -1.39. The van der Waals surface area contributed by atoms with Crippen LogP contribution in [-0.4, -0.2) is 62.7 Å². The first kappa shape index (κ1) is 26.6. The van der Waals surface area contributed by atoms with Gasteiger partial charge in [-0.3, -0.25) is 9.69 Å². The largest absolute Gasteiger partial charge is 0.379 e. The van der Waals surface area contributed by atoms with Gasteiger partial charge in [0.25, 0.3) is 0 Å². The van der Waals surface area contributed by atoms with E-state index >= 15 is 0 Å². The van der Waals surface area contributed by atoms with Crippen LogP contribution in [0.2, 0.25) is 0 Å². The van der Waals surface area contributed by atoms with Crippen LogP contribution in [0.3, 0.4) is 0 Å². The lowest BCUT2D eigenvalue weighted by atomic mass is 9.96. The molecule has 0 radical (unpaired) electrons. The molecule has 8 heteroatoms. The van der Waals surface area contributed by atoms with E-state index in [1.165, 1.54) is 11.1 Å². The summed E-state index contributed by atoms with van der Waals surface area (Å²) in [6, 6.07) is 8.48. The third-order valence-electron chi connectivity index (χ3n) is 4.75. The summed E-state index contributed by atoms with van der Waals surface area (Å²) < 4.78 is 5.45. The Balaban J connectivity index is 0.00000450. The van der Waals surface area contributed by atoms with Gasteiger partial charge in [-0.1, -0.05) is 45.0 Å². The number of nitrogens with one attached hydrogen (secondary N) is 3. The summed E-state index contributed by atoms with van der Waals surface area (Å²) in [7, 11) is 0. The Labute approximate surface area is 198 Å². The molecule has 170 valence electrons. The molecule has 1 heterocycles. The lowest BCUT2D eigenvalue weighted by Crippen LogP contribution is -2.43. The van der Waals surface area contributed by atoms with Crippen LogP contribution in [0.1, 0.15) is 38.8 Å². The van der Waals surface area contributed by atoms with Gasteiger partial charge < -0.3 is 20.7 Å². The Bertz CT molecular complexity index is 670. The molecular weight excluding hydrogens is 493 g/mol. The first-order chi connectivity index (χ1) is 13.9. The van der Waals surface area contributed by atoms with E-state index < -0.39 is 0 Å². The highest BCUT2D eigenvalue weighted by atomic mass is 127. The molecule has 1 amide bonds. The van der Waals surface area contributed by atoms with Crippen LogP contribution in [-0.2, 0) is 22.6 Å². The first-order valence-electron chi connectivity index (χ1n) is 10.6. The number of hydrogen-bond donors (Lipinski definition) is 3. The molecule has 3 N–H and O–H groups in total. The number of aliphatic imine (C=N–C) groups is 1. The van der Waals surface area contributed by atoms with Crippen molar-refractivity contribution in [1.82, 2.24) is 20.9 Å². The molecule has 0 bridgehead atoms. The van der Waals surface area contributed by atoms with Gasteiger partial charge in [0, 0.05) is 44.7 Å². The number of halogens is 1. The first-order valence-corrected chi connectivity index (χ1v) is 10.6. The summed E-state index contributed by atoms with van der Waals surface area (Å²) in [6.45, 7) is 14.9. The smallest absolute Gasteiger partial charge is 0.225 e. The standard InChI is InChI=1S/C22H37N5O2.HI/c1-5-23-21(25-11-10-24-20(28)22(2,3)4)26-16-18-8-6-7-9-19(18)17-27-12-14-29-15-13-27;/h6-9H,5,10-17H2,1-4H3,(H,24,28)(H2,23,25,26);1H. The molecule has 1 aliphatic rings. The third kappa shape index (κ3) is 9.61. The minimum absolute atomic E-state index is 0. The van der Waals surface area contributed by atoms with Crippen molar-refractivity contribution in [2.75, 3.05) is 45.9 Å². The second-order valence-electron chi connectivity index (χ2n) is 8.29. The number of nitrogens with zero attached hydrogens (tertiary/aromatic N) is 2. The van der Waals surface area contributed by atoms with Crippen molar-refractivity contribution >= 4 is 35.8 Å². The number of guanidine groups is 1. The number of carbonyl (C=O) groups is 1. The van der Waals surface area contributed by atoms with Gasteiger partial charge in [0.15, 0.2) is 5.96 Å². The normalized spacial score (nSPS) is 15.3. The predicted octanol–water partition coefficient (Wildman–Crippen LogP) is 2.35. The molecule has 0 aromatic heterocycles. The summed E-state index contributed by atoms with van der Waals surface area (Å²) in [6.07, 6.45) is 0. The summed E-state index contributed by atoms with van der Waals surface area (Å²) in [4.78, 5) is 19.1. The van der Waals surface area contributed by atoms with E-state index in [0.29, 0.717) is 19.6 Å². The minimum Gasteiger partial charge on any atom is -0.379 e. The van der Waals surface area contributed by atoms with Gasteiger partial charge in [-0.05, 0) is 18.1 Å². The van der Waals surface area contributed by atoms with Crippen LogP contribution in [0.25, 0.3) is 0 Å². The van der Waals surface area contributed by atoms with E-state index in [1.807, 2.05) is 27.7 Å². The highest BCUT2D eigenvalue weighted by Gasteiger charge is 2.20. The summed E-state index contributed by atoms with van der Waals surface area (Å²) in [5, 5.41) is 9.52. The lowest BCUT2D eigenvalue weighted by Gasteiger charge is -2.27. The van der Waals surface area contributed by atoms with E-state index in [-0.39, 0.29) is 35.3 Å². The van der Waals surface area contributed by atoms with Crippen molar-refractivity contribution in [1.29, 1.82) is 0 Å². The van der Waals surface area contributed by atoms with Crippen LogP contribution < -0.4 is 16.0 Å². The molecular formula is C22H38IN5O2.